The maximum Gasteiger partial charge on any atom is 0.407 e. The van der Waals surface area contributed by atoms with Gasteiger partial charge >= 0.3 is 6.09 Å². The zero-order chi connectivity index (χ0) is 18.0. The van der Waals surface area contributed by atoms with Crippen LogP contribution in [0.5, 0.6) is 0 Å². The van der Waals surface area contributed by atoms with Crippen LogP contribution in [0.1, 0.15) is 46.5 Å². The number of ether oxygens (including phenoxy) is 1. The molecule has 136 valence electrons. The smallest absolute Gasteiger partial charge is 0.407 e. The van der Waals surface area contributed by atoms with Crippen molar-refractivity contribution >= 4 is 33.5 Å². The molecule has 1 aliphatic rings. The molecule has 8 heteroatoms. The molecule has 3 rings (SSSR count). The van der Waals surface area contributed by atoms with E-state index in [1.54, 1.807) is 4.52 Å². The van der Waals surface area contributed by atoms with Gasteiger partial charge < -0.3 is 15.4 Å². The fraction of sp³-hybridized carbons (Fsp3) is 0.588. The molecule has 2 N–H and O–H groups in total. The van der Waals surface area contributed by atoms with Crippen molar-refractivity contribution in [1.29, 1.82) is 0 Å². The summed E-state index contributed by atoms with van der Waals surface area (Å²) in [6, 6.07) is 3.91. The summed E-state index contributed by atoms with van der Waals surface area (Å²) >= 11 is 3.35. The van der Waals surface area contributed by atoms with Gasteiger partial charge in [-0.05, 0) is 55.6 Å². The van der Waals surface area contributed by atoms with Gasteiger partial charge in [-0.25, -0.2) is 14.3 Å². The van der Waals surface area contributed by atoms with Crippen LogP contribution in [0.25, 0.3) is 5.65 Å². The van der Waals surface area contributed by atoms with Crippen LogP contribution in [0, 0.1) is 0 Å². The first kappa shape index (κ1) is 18.0. The monoisotopic (exact) mass is 409 g/mol. The summed E-state index contributed by atoms with van der Waals surface area (Å²) in [5.41, 5.74) is 0.272. The molecule has 2 heterocycles. The summed E-state index contributed by atoms with van der Waals surface area (Å²) in [4.78, 5) is 16.7. The molecule has 2 atom stereocenters. The van der Waals surface area contributed by atoms with Crippen molar-refractivity contribution in [3.63, 3.8) is 0 Å². The average Bonchev–Trinajstić information content (AvgIpc) is 2.86. The van der Waals surface area contributed by atoms with Crippen molar-refractivity contribution in [2.45, 2.75) is 64.1 Å². The van der Waals surface area contributed by atoms with Crippen molar-refractivity contribution in [2.24, 2.45) is 0 Å². The fourth-order valence-corrected chi connectivity index (χ4v) is 3.43. The molecule has 0 unspecified atom stereocenters. The maximum absolute atomic E-state index is 12.1. The Morgan fingerprint density at radius 3 is 2.76 bits per heavy atom. The quantitative estimate of drug-likeness (QED) is 0.806. The number of amides is 1. The van der Waals surface area contributed by atoms with E-state index >= 15 is 0 Å². The number of carbonyl (C=O) groups excluding carboxylic acids is 1. The summed E-state index contributed by atoms with van der Waals surface area (Å²) in [7, 11) is 0. The van der Waals surface area contributed by atoms with Crippen molar-refractivity contribution in [3.05, 3.63) is 22.9 Å². The number of hydrogen-bond acceptors (Lipinski definition) is 5. The van der Waals surface area contributed by atoms with Crippen molar-refractivity contribution < 1.29 is 9.53 Å². The normalized spacial score (nSPS) is 21.1. The van der Waals surface area contributed by atoms with Crippen molar-refractivity contribution in [1.82, 2.24) is 19.9 Å². The summed E-state index contributed by atoms with van der Waals surface area (Å²) in [6.07, 6.45) is 5.64. The maximum atomic E-state index is 12.1. The zero-order valence-corrected chi connectivity index (χ0v) is 16.3. The van der Waals surface area contributed by atoms with Crippen LogP contribution >= 0.6 is 15.9 Å². The van der Waals surface area contributed by atoms with Gasteiger partial charge in [0, 0.05) is 18.3 Å². The highest BCUT2D eigenvalue weighted by Gasteiger charge is 2.28. The zero-order valence-electron chi connectivity index (χ0n) is 14.8. The number of carbonyl (C=O) groups is 1. The molecule has 0 aromatic carbocycles. The topological polar surface area (TPSA) is 80.5 Å². The number of aromatic nitrogens is 3. The van der Waals surface area contributed by atoms with Crippen LogP contribution in [0.4, 0.5) is 10.6 Å². The molecule has 1 aliphatic carbocycles. The van der Waals surface area contributed by atoms with Crippen LogP contribution in [-0.4, -0.2) is 38.4 Å². The second-order valence-corrected chi connectivity index (χ2v) is 8.18. The summed E-state index contributed by atoms with van der Waals surface area (Å²) in [6.45, 7) is 5.60. The molecular weight excluding hydrogens is 386 g/mol. The highest BCUT2D eigenvalue weighted by Crippen LogP contribution is 2.23. The summed E-state index contributed by atoms with van der Waals surface area (Å²) in [5, 5.41) is 10.7. The molecule has 0 saturated heterocycles. The van der Waals surface area contributed by atoms with Gasteiger partial charge in [-0.2, -0.15) is 5.10 Å². The van der Waals surface area contributed by atoms with E-state index in [4.69, 9.17) is 4.74 Å². The number of rotatable bonds is 3. The van der Waals surface area contributed by atoms with E-state index in [1.807, 2.05) is 39.1 Å². The standard InChI is InChI=1S/C17H24BrN5O2/c1-17(2,3)25-16(24)20-12-7-5-4-6-11(12)19-14-8-9-23-15(21-14)10-13(18)22-23/h8-12H,4-7H2,1-3H3,(H,19,21)(H,20,24)/t11-,12+/m1/s1. The minimum atomic E-state index is -0.496. The minimum Gasteiger partial charge on any atom is -0.444 e. The van der Waals surface area contributed by atoms with E-state index in [-0.39, 0.29) is 18.2 Å². The Balaban J connectivity index is 1.68. The van der Waals surface area contributed by atoms with Gasteiger partial charge in [0.1, 0.15) is 16.0 Å². The first-order valence-electron chi connectivity index (χ1n) is 8.58. The van der Waals surface area contributed by atoms with E-state index in [1.165, 1.54) is 0 Å². The van der Waals surface area contributed by atoms with Gasteiger partial charge in [0.15, 0.2) is 5.65 Å². The third-order valence-electron chi connectivity index (χ3n) is 4.10. The lowest BCUT2D eigenvalue weighted by atomic mass is 9.90. The SMILES string of the molecule is CC(C)(C)OC(=O)N[C@H]1CCCC[C@H]1Nc1ccn2nc(Br)cc2n1. The first-order chi connectivity index (χ1) is 11.8. The molecular formula is C17H24BrN5O2. The Morgan fingerprint density at radius 1 is 1.32 bits per heavy atom. The van der Waals surface area contributed by atoms with Gasteiger partial charge in [0.2, 0.25) is 0 Å². The van der Waals surface area contributed by atoms with Crippen LogP contribution in [-0.2, 0) is 4.74 Å². The Hall–Kier alpha value is -1.83. The number of nitrogens with zero attached hydrogens (tertiary/aromatic N) is 3. The average molecular weight is 410 g/mol. The molecule has 0 radical (unpaired) electrons. The number of hydrogen-bond donors (Lipinski definition) is 2. The molecule has 25 heavy (non-hydrogen) atoms. The summed E-state index contributed by atoms with van der Waals surface area (Å²) in [5.74, 6) is 0.780. The Kier molecular flexibility index (Phi) is 5.17. The highest BCUT2D eigenvalue weighted by molar-refractivity contribution is 9.10. The largest absolute Gasteiger partial charge is 0.444 e. The molecule has 1 saturated carbocycles. The van der Waals surface area contributed by atoms with Gasteiger partial charge in [0.25, 0.3) is 0 Å². The molecule has 7 nitrogen and oxygen atoms in total. The molecule has 1 amide bonds. The second kappa shape index (κ2) is 7.19. The molecule has 2 aromatic rings. The van der Waals surface area contributed by atoms with Crippen LogP contribution in [0.2, 0.25) is 0 Å². The highest BCUT2D eigenvalue weighted by atomic mass is 79.9. The molecule has 2 aromatic heterocycles. The van der Waals surface area contributed by atoms with Crippen LogP contribution in [0.3, 0.4) is 0 Å². The van der Waals surface area contributed by atoms with Gasteiger partial charge in [-0.15, -0.1) is 0 Å². The van der Waals surface area contributed by atoms with Gasteiger partial charge in [-0.1, -0.05) is 12.8 Å². The van der Waals surface area contributed by atoms with E-state index < -0.39 is 5.60 Å². The number of anilines is 1. The van der Waals surface area contributed by atoms with Crippen molar-refractivity contribution in [3.8, 4) is 0 Å². The van der Waals surface area contributed by atoms with Crippen LogP contribution in [0.15, 0.2) is 22.9 Å². The van der Waals surface area contributed by atoms with E-state index in [0.29, 0.717) is 0 Å². The first-order valence-corrected chi connectivity index (χ1v) is 9.37. The fourth-order valence-electron chi connectivity index (χ4n) is 3.06. The third-order valence-corrected chi connectivity index (χ3v) is 4.48. The Morgan fingerprint density at radius 2 is 2.04 bits per heavy atom. The Labute approximate surface area is 155 Å². The van der Waals surface area contributed by atoms with E-state index in [9.17, 15) is 4.79 Å². The van der Waals surface area contributed by atoms with E-state index in [0.717, 1.165) is 41.8 Å². The number of halogens is 1. The van der Waals surface area contributed by atoms with Crippen LogP contribution < -0.4 is 10.6 Å². The van der Waals surface area contributed by atoms with Gasteiger partial charge in [0.05, 0.1) is 6.04 Å². The van der Waals surface area contributed by atoms with E-state index in [2.05, 4.69) is 36.6 Å². The number of alkyl carbamates (subject to hydrolysis) is 1. The Bertz CT molecular complexity index is 755. The minimum absolute atomic E-state index is 0.0262. The summed E-state index contributed by atoms with van der Waals surface area (Å²) < 4.78 is 7.85. The molecule has 0 spiro atoms. The molecule has 1 fully saturated rings. The lowest BCUT2D eigenvalue weighted by Gasteiger charge is -2.33. The number of nitrogens with one attached hydrogen (secondary N) is 2. The molecule has 0 bridgehead atoms. The lowest BCUT2D eigenvalue weighted by molar-refractivity contribution is 0.0488. The third kappa shape index (κ3) is 4.84. The predicted molar refractivity (Wildman–Crippen MR) is 99.7 cm³/mol. The molecule has 0 aliphatic heterocycles. The van der Waals surface area contributed by atoms with Crippen molar-refractivity contribution in [2.75, 3.05) is 5.32 Å². The lowest BCUT2D eigenvalue weighted by Crippen LogP contribution is -2.49. The second-order valence-electron chi connectivity index (χ2n) is 7.37. The van der Waals surface area contributed by atoms with Gasteiger partial charge in [-0.3, -0.25) is 0 Å². The predicted octanol–water partition coefficient (Wildman–Crippen LogP) is 3.74. The number of fused-ring (bicyclic) bond motifs is 1.